The van der Waals surface area contributed by atoms with E-state index in [2.05, 4.69) is 17.3 Å². The first-order valence-corrected chi connectivity index (χ1v) is 6.63. The first-order chi connectivity index (χ1) is 8.69. The molecule has 5 nitrogen and oxygen atoms in total. The lowest BCUT2D eigenvalue weighted by molar-refractivity contribution is -0.118. The van der Waals surface area contributed by atoms with E-state index in [0.717, 1.165) is 30.8 Å². The number of aromatic nitrogens is 2. The van der Waals surface area contributed by atoms with Gasteiger partial charge in [0.1, 0.15) is 6.10 Å². The Morgan fingerprint density at radius 2 is 2.28 bits per heavy atom. The van der Waals surface area contributed by atoms with Crippen molar-refractivity contribution in [1.29, 1.82) is 0 Å². The van der Waals surface area contributed by atoms with E-state index in [1.807, 2.05) is 24.9 Å². The summed E-state index contributed by atoms with van der Waals surface area (Å²) in [6.45, 7) is 4.87. The van der Waals surface area contributed by atoms with Crippen molar-refractivity contribution in [3.63, 3.8) is 0 Å². The third kappa shape index (κ3) is 2.52. The Balaban J connectivity index is 1.97. The highest BCUT2D eigenvalue weighted by Crippen LogP contribution is 2.30. The molecule has 1 fully saturated rings. The summed E-state index contributed by atoms with van der Waals surface area (Å²) in [5, 5.41) is 7.95. The van der Waals surface area contributed by atoms with Gasteiger partial charge < -0.3 is 14.8 Å². The molecule has 0 aromatic carbocycles. The standard InChI is InChI=1S/C13H23N3O2/c1-5-9-11(8-16(3)15-9)14-10-7-12(18-6-2)13(10)17-4/h8,10,12-14H,5-7H2,1-4H3. The van der Waals surface area contributed by atoms with Crippen LogP contribution in [0.3, 0.4) is 0 Å². The van der Waals surface area contributed by atoms with Crippen molar-refractivity contribution < 1.29 is 9.47 Å². The summed E-state index contributed by atoms with van der Waals surface area (Å²) < 4.78 is 13.0. The molecule has 1 aromatic rings. The predicted octanol–water partition coefficient (Wildman–Crippen LogP) is 1.59. The molecule has 0 saturated heterocycles. The summed E-state index contributed by atoms with van der Waals surface area (Å²) >= 11 is 0. The number of aryl methyl sites for hydroxylation is 2. The summed E-state index contributed by atoms with van der Waals surface area (Å²) in [6, 6.07) is 0.320. The minimum atomic E-state index is 0.134. The maximum atomic E-state index is 5.63. The van der Waals surface area contributed by atoms with Crippen LogP contribution in [0.15, 0.2) is 6.20 Å². The molecule has 0 spiro atoms. The van der Waals surface area contributed by atoms with Crippen LogP contribution in [0.5, 0.6) is 0 Å². The van der Waals surface area contributed by atoms with Gasteiger partial charge in [0.15, 0.2) is 0 Å². The zero-order valence-electron chi connectivity index (χ0n) is 11.6. The van der Waals surface area contributed by atoms with Crippen molar-refractivity contribution in [2.24, 2.45) is 7.05 Å². The molecule has 2 rings (SSSR count). The summed E-state index contributed by atoms with van der Waals surface area (Å²) in [7, 11) is 3.69. The summed E-state index contributed by atoms with van der Waals surface area (Å²) in [5.74, 6) is 0. The van der Waals surface area contributed by atoms with Gasteiger partial charge in [-0.2, -0.15) is 5.10 Å². The predicted molar refractivity (Wildman–Crippen MR) is 70.8 cm³/mol. The minimum Gasteiger partial charge on any atom is -0.377 e. The molecule has 1 aromatic heterocycles. The number of anilines is 1. The molecule has 3 unspecified atom stereocenters. The second kappa shape index (κ2) is 5.71. The van der Waals surface area contributed by atoms with Gasteiger partial charge in [0.05, 0.1) is 23.5 Å². The minimum absolute atomic E-state index is 0.134. The maximum Gasteiger partial charge on any atom is 0.103 e. The second-order valence-corrected chi connectivity index (χ2v) is 4.70. The van der Waals surface area contributed by atoms with Gasteiger partial charge in [-0.1, -0.05) is 6.92 Å². The van der Waals surface area contributed by atoms with Crippen molar-refractivity contribution in [2.75, 3.05) is 19.0 Å². The van der Waals surface area contributed by atoms with Gasteiger partial charge in [-0.15, -0.1) is 0 Å². The zero-order valence-corrected chi connectivity index (χ0v) is 11.6. The van der Waals surface area contributed by atoms with E-state index < -0.39 is 0 Å². The third-order valence-corrected chi connectivity index (χ3v) is 3.48. The molecular weight excluding hydrogens is 230 g/mol. The van der Waals surface area contributed by atoms with Crippen LogP contribution in [0.1, 0.15) is 26.0 Å². The van der Waals surface area contributed by atoms with Gasteiger partial charge >= 0.3 is 0 Å². The molecule has 1 N–H and O–H groups in total. The van der Waals surface area contributed by atoms with Gasteiger partial charge in [0, 0.05) is 27.0 Å². The molecule has 5 heteroatoms. The molecule has 0 amide bonds. The van der Waals surface area contributed by atoms with Crippen LogP contribution in [-0.2, 0) is 22.9 Å². The Labute approximate surface area is 108 Å². The lowest BCUT2D eigenvalue weighted by Crippen LogP contribution is -2.56. The van der Waals surface area contributed by atoms with E-state index in [1.54, 1.807) is 7.11 Å². The van der Waals surface area contributed by atoms with E-state index in [9.17, 15) is 0 Å². The number of rotatable bonds is 6. The number of ether oxygens (including phenoxy) is 2. The lowest BCUT2D eigenvalue weighted by atomic mass is 9.85. The maximum absolute atomic E-state index is 5.63. The fraction of sp³-hybridized carbons (Fsp3) is 0.769. The number of hydrogen-bond donors (Lipinski definition) is 1. The Kier molecular flexibility index (Phi) is 4.24. The van der Waals surface area contributed by atoms with E-state index in [0.29, 0.717) is 6.04 Å². The Morgan fingerprint density at radius 1 is 1.50 bits per heavy atom. The smallest absolute Gasteiger partial charge is 0.103 e. The van der Waals surface area contributed by atoms with E-state index in [4.69, 9.17) is 9.47 Å². The molecule has 0 radical (unpaired) electrons. The van der Waals surface area contributed by atoms with Gasteiger partial charge in [0.25, 0.3) is 0 Å². The average molecular weight is 253 g/mol. The van der Waals surface area contributed by atoms with Crippen LogP contribution in [-0.4, -0.2) is 41.7 Å². The fourth-order valence-electron chi connectivity index (χ4n) is 2.53. The molecule has 102 valence electrons. The van der Waals surface area contributed by atoms with E-state index in [1.165, 1.54) is 0 Å². The first kappa shape index (κ1) is 13.4. The van der Waals surface area contributed by atoms with Gasteiger partial charge in [0.2, 0.25) is 0 Å². The van der Waals surface area contributed by atoms with Crippen molar-refractivity contribution in [2.45, 2.75) is 44.9 Å². The molecule has 18 heavy (non-hydrogen) atoms. The van der Waals surface area contributed by atoms with Crippen LogP contribution in [0.4, 0.5) is 5.69 Å². The van der Waals surface area contributed by atoms with Crippen LogP contribution in [0.25, 0.3) is 0 Å². The molecule has 3 atom stereocenters. The molecule has 1 aliphatic carbocycles. The van der Waals surface area contributed by atoms with Crippen molar-refractivity contribution in [3.8, 4) is 0 Å². The van der Waals surface area contributed by atoms with Crippen LogP contribution in [0, 0.1) is 0 Å². The van der Waals surface area contributed by atoms with Gasteiger partial charge in [-0.25, -0.2) is 0 Å². The van der Waals surface area contributed by atoms with Crippen LogP contribution >= 0.6 is 0 Å². The SMILES string of the molecule is CCOC1CC(Nc2cn(C)nc2CC)C1OC. The Bertz CT molecular complexity index is 392. The van der Waals surface area contributed by atoms with E-state index >= 15 is 0 Å². The first-order valence-electron chi connectivity index (χ1n) is 6.63. The topological polar surface area (TPSA) is 48.3 Å². The van der Waals surface area contributed by atoms with Gasteiger partial charge in [-0.05, 0) is 19.8 Å². The third-order valence-electron chi connectivity index (χ3n) is 3.48. The van der Waals surface area contributed by atoms with E-state index in [-0.39, 0.29) is 12.2 Å². The number of nitrogens with zero attached hydrogens (tertiary/aromatic N) is 2. The quantitative estimate of drug-likeness (QED) is 0.836. The van der Waals surface area contributed by atoms with Crippen LogP contribution < -0.4 is 5.32 Å². The molecule has 1 heterocycles. The number of nitrogens with one attached hydrogen (secondary N) is 1. The average Bonchev–Trinajstić information content (AvgIpc) is 2.68. The highest BCUT2D eigenvalue weighted by Gasteiger charge is 2.42. The Morgan fingerprint density at radius 3 is 2.89 bits per heavy atom. The zero-order chi connectivity index (χ0) is 13.1. The summed E-state index contributed by atoms with van der Waals surface area (Å²) in [5.41, 5.74) is 2.22. The fourth-order valence-corrected chi connectivity index (χ4v) is 2.53. The highest BCUT2D eigenvalue weighted by molar-refractivity contribution is 5.48. The second-order valence-electron chi connectivity index (χ2n) is 4.70. The molecule has 0 bridgehead atoms. The lowest BCUT2D eigenvalue weighted by Gasteiger charge is -2.43. The number of methoxy groups -OCH3 is 1. The Hall–Kier alpha value is -1.07. The van der Waals surface area contributed by atoms with Gasteiger partial charge in [-0.3, -0.25) is 4.68 Å². The van der Waals surface area contributed by atoms with Crippen molar-refractivity contribution in [3.05, 3.63) is 11.9 Å². The normalized spacial score (nSPS) is 27.0. The molecule has 1 saturated carbocycles. The largest absolute Gasteiger partial charge is 0.377 e. The van der Waals surface area contributed by atoms with Crippen molar-refractivity contribution >= 4 is 5.69 Å². The molecular formula is C13H23N3O2. The molecule has 0 aliphatic heterocycles. The van der Waals surface area contributed by atoms with Crippen molar-refractivity contribution in [1.82, 2.24) is 9.78 Å². The molecule has 1 aliphatic rings. The monoisotopic (exact) mass is 253 g/mol. The van der Waals surface area contributed by atoms with Crippen LogP contribution in [0.2, 0.25) is 0 Å². The summed E-state index contributed by atoms with van der Waals surface area (Å²) in [4.78, 5) is 0. The summed E-state index contributed by atoms with van der Waals surface area (Å²) in [6.07, 6.45) is 4.31. The highest BCUT2D eigenvalue weighted by atomic mass is 16.5. The number of hydrogen-bond acceptors (Lipinski definition) is 4.